The van der Waals surface area contributed by atoms with E-state index in [9.17, 15) is 0 Å². The number of thiazole rings is 1. The Bertz CT molecular complexity index is 752. The molecule has 3 rings (SSSR count). The number of rotatable bonds is 2. The number of nitrogen functional groups attached to an aromatic ring is 1. The molecular formula is C14H12IN3S. The van der Waals surface area contributed by atoms with E-state index in [1.165, 1.54) is 3.57 Å². The highest BCUT2D eigenvalue weighted by Gasteiger charge is 2.06. The van der Waals surface area contributed by atoms with E-state index in [4.69, 9.17) is 5.73 Å². The van der Waals surface area contributed by atoms with E-state index in [2.05, 4.69) is 45.0 Å². The number of nitrogens with zero attached hydrogens (tertiary/aromatic N) is 1. The third kappa shape index (κ3) is 2.66. The van der Waals surface area contributed by atoms with Gasteiger partial charge in [-0.25, -0.2) is 4.98 Å². The second-order valence-electron chi connectivity index (χ2n) is 4.28. The van der Waals surface area contributed by atoms with Crippen LogP contribution in [0.4, 0.5) is 17.1 Å². The van der Waals surface area contributed by atoms with E-state index >= 15 is 0 Å². The van der Waals surface area contributed by atoms with Gasteiger partial charge >= 0.3 is 0 Å². The Kier molecular flexibility index (Phi) is 3.32. The molecule has 0 aliphatic carbocycles. The standard InChI is InChI=1S/C14H12IN3S/c1-8-17-13-7-12(11(16)6-14(13)19-8)18-10-4-2-3-9(15)5-10/h2-7,18H,16H2,1H3. The molecule has 19 heavy (non-hydrogen) atoms. The van der Waals surface area contributed by atoms with Crippen LogP contribution < -0.4 is 11.1 Å². The van der Waals surface area contributed by atoms with Gasteiger partial charge in [0, 0.05) is 9.26 Å². The minimum Gasteiger partial charge on any atom is -0.397 e. The molecule has 0 radical (unpaired) electrons. The summed E-state index contributed by atoms with van der Waals surface area (Å²) in [6.07, 6.45) is 0. The summed E-state index contributed by atoms with van der Waals surface area (Å²) < 4.78 is 2.31. The molecule has 0 amide bonds. The number of halogens is 1. The molecule has 0 saturated heterocycles. The van der Waals surface area contributed by atoms with Crippen LogP contribution in [0.2, 0.25) is 0 Å². The fraction of sp³-hybridized carbons (Fsp3) is 0.0714. The van der Waals surface area contributed by atoms with Crippen molar-refractivity contribution < 1.29 is 0 Å². The second kappa shape index (κ2) is 4.97. The van der Waals surface area contributed by atoms with Crippen LogP contribution in [0, 0.1) is 10.5 Å². The van der Waals surface area contributed by atoms with Crippen molar-refractivity contribution in [3.05, 3.63) is 45.0 Å². The van der Waals surface area contributed by atoms with Crippen LogP contribution in [0.3, 0.4) is 0 Å². The third-order valence-electron chi connectivity index (χ3n) is 2.77. The zero-order chi connectivity index (χ0) is 13.4. The molecule has 0 spiro atoms. The maximum Gasteiger partial charge on any atom is 0.0907 e. The Hall–Kier alpha value is -1.34. The molecule has 0 saturated carbocycles. The zero-order valence-corrected chi connectivity index (χ0v) is 13.2. The molecule has 3 nitrogen and oxygen atoms in total. The van der Waals surface area contributed by atoms with Crippen molar-refractivity contribution in [1.82, 2.24) is 4.98 Å². The van der Waals surface area contributed by atoms with Gasteiger partial charge in [0.05, 0.1) is 26.6 Å². The predicted octanol–water partition coefficient (Wildman–Crippen LogP) is 4.54. The van der Waals surface area contributed by atoms with Crippen LogP contribution in [-0.4, -0.2) is 4.98 Å². The second-order valence-corrected chi connectivity index (χ2v) is 6.76. The molecule has 0 aliphatic heterocycles. The number of nitrogens with two attached hydrogens (primary N) is 1. The Morgan fingerprint density at radius 3 is 2.89 bits per heavy atom. The largest absolute Gasteiger partial charge is 0.397 e. The Morgan fingerprint density at radius 1 is 1.26 bits per heavy atom. The molecule has 0 bridgehead atoms. The van der Waals surface area contributed by atoms with E-state index in [1.807, 2.05) is 31.2 Å². The number of anilines is 3. The molecule has 96 valence electrons. The van der Waals surface area contributed by atoms with Crippen LogP contribution in [0.25, 0.3) is 10.2 Å². The minimum absolute atomic E-state index is 0.745. The maximum absolute atomic E-state index is 6.10. The van der Waals surface area contributed by atoms with Gasteiger partial charge in [-0.15, -0.1) is 11.3 Å². The number of benzene rings is 2. The lowest BCUT2D eigenvalue weighted by Crippen LogP contribution is -1.96. The highest BCUT2D eigenvalue weighted by Crippen LogP contribution is 2.31. The Balaban J connectivity index is 2.02. The molecule has 3 aromatic rings. The molecule has 2 aromatic carbocycles. The van der Waals surface area contributed by atoms with Crippen molar-refractivity contribution in [1.29, 1.82) is 0 Å². The van der Waals surface area contributed by atoms with Gasteiger partial charge in [0.2, 0.25) is 0 Å². The molecule has 5 heteroatoms. The summed E-state index contributed by atoms with van der Waals surface area (Å²) in [6, 6.07) is 12.2. The van der Waals surface area contributed by atoms with Crippen LogP contribution in [-0.2, 0) is 0 Å². The number of hydrogen-bond acceptors (Lipinski definition) is 4. The Labute approximate surface area is 129 Å². The summed E-state index contributed by atoms with van der Waals surface area (Å²) in [4.78, 5) is 4.50. The van der Waals surface area contributed by atoms with E-state index in [0.29, 0.717) is 0 Å². The van der Waals surface area contributed by atoms with Crippen molar-refractivity contribution in [2.45, 2.75) is 6.92 Å². The molecule has 0 fully saturated rings. The van der Waals surface area contributed by atoms with Crippen molar-refractivity contribution >= 4 is 61.2 Å². The number of fused-ring (bicyclic) bond motifs is 1. The topological polar surface area (TPSA) is 50.9 Å². The maximum atomic E-state index is 6.10. The number of nitrogens with one attached hydrogen (secondary N) is 1. The smallest absolute Gasteiger partial charge is 0.0907 e. The van der Waals surface area contributed by atoms with Crippen molar-refractivity contribution in [2.24, 2.45) is 0 Å². The fourth-order valence-electron chi connectivity index (χ4n) is 1.93. The lowest BCUT2D eigenvalue weighted by Gasteiger charge is -2.09. The first-order chi connectivity index (χ1) is 9.11. The van der Waals surface area contributed by atoms with Crippen LogP contribution >= 0.6 is 33.9 Å². The van der Waals surface area contributed by atoms with Gasteiger partial charge in [0.15, 0.2) is 0 Å². The summed E-state index contributed by atoms with van der Waals surface area (Å²) in [5, 5.41) is 4.41. The van der Waals surface area contributed by atoms with Crippen LogP contribution in [0.15, 0.2) is 36.4 Å². The molecule has 1 heterocycles. The first-order valence-corrected chi connectivity index (χ1v) is 7.70. The summed E-state index contributed by atoms with van der Waals surface area (Å²) in [5.41, 5.74) is 9.77. The number of aromatic nitrogens is 1. The molecule has 3 N–H and O–H groups in total. The molecule has 0 atom stereocenters. The van der Waals surface area contributed by atoms with Crippen LogP contribution in [0.5, 0.6) is 0 Å². The fourth-order valence-corrected chi connectivity index (χ4v) is 3.34. The number of aryl methyl sites for hydroxylation is 1. The molecule has 0 aliphatic rings. The van der Waals surface area contributed by atoms with Gasteiger partial charge in [-0.1, -0.05) is 6.07 Å². The minimum atomic E-state index is 0.745. The van der Waals surface area contributed by atoms with Gasteiger partial charge in [0.1, 0.15) is 0 Å². The molecular weight excluding hydrogens is 369 g/mol. The van der Waals surface area contributed by atoms with Crippen molar-refractivity contribution in [2.75, 3.05) is 11.1 Å². The monoisotopic (exact) mass is 381 g/mol. The van der Waals surface area contributed by atoms with E-state index in [1.54, 1.807) is 11.3 Å². The predicted molar refractivity (Wildman–Crippen MR) is 91.2 cm³/mol. The summed E-state index contributed by atoms with van der Waals surface area (Å²) in [5.74, 6) is 0. The van der Waals surface area contributed by atoms with Gasteiger partial charge in [-0.2, -0.15) is 0 Å². The summed E-state index contributed by atoms with van der Waals surface area (Å²) in [6.45, 7) is 2.01. The van der Waals surface area contributed by atoms with E-state index in [0.717, 1.165) is 32.3 Å². The van der Waals surface area contributed by atoms with E-state index < -0.39 is 0 Å². The highest BCUT2D eigenvalue weighted by molar-refractivity contribution is 14.1. The molecule has 0 unspecified atom stereocenters. The quantitative estimate of drug-likeness (QED) is 0.506. The third-order valence-corrected chi connectivity index (χ3v) is 4.37. The lowest BCUT2D eigenvalue weighted by molar-refractivity contribution is 1.35. The number of hydrogen-bond donors (Lipinski definition) is 2. The normalized spacial score (nSPS) is 10.8. The van der Waals surface area contributed by atoms with Gasteiger partial charge in [0.25, 0.3) is 0 Å². The summed E-state index contributed by atoms with van der Waals surface area (Å²) in [7, 11) is 0. The van der Waals surface area contributed by atoms with Crippen LogP contribution in [0.1, 0.15) is 5.01 Å². The van der Waals surface area contributed by atoms with Crippen molar-refractivity contribution in [3.63, 3.8) is 0 Å². The van der Waals surface area contributed by atoms with Gasteiger partial charge in [-0.05, 0) is 59.8 Å². The highest BCUT2D eigenvalue weighted by atomic mass is 127. The average Bonchev–Trinajstić information content (AvgIpc) is 2.69. The first-order valence-electron chi connectivity index (χ1n) is 5.81. The zero-order valence-electron chi connectivity index (χ0n) is 10.3. The lowest BCUT2D eigenvalue weighted by atomic mass is 10.2. The van der Waals surface area contributed by atoms with Gasteiger partial charge < -0.3 is 11.1 Å². The first kappa shape index (κ1) is 12.7. The molecule has 1 aromatic heterocycles. The van der Waals surface area contributed by atoms with Gasteiger partial charge in [-0.3, -0.25) is 0 Å². The van der Waals surface area contributed by atoms with Crippen molar-refractivity contribution in [3.8, 4) is 0 Å². The SMILES string of the molecule is Cc1nc2cc(Nc3cccc(I)c3)c(N)cc2s1. The Morgan fingerprint density at radius 2 is 2.11 bits per heavy atom. The van der Waals surface area contributed by atoms with E-state index in [-0.39, 0.29) is 0 Å². The average molecular weight is 381 g/mol. The summed E-state index contributed by atoms with van der Waals surface area (Å²) >= 11 is 3.96.